The van der Waals surface area contributed by atoms with E-state index in [2.05, 4.69) is 37.2 Å². The maximum absolute atomic E-state index is 12.5. The van der Waals surface area contributed by atoms with Gasteiger partial charge in [0.25, 0.3) is 5.56 Å². The second-order valence-corrected chi connectivity index (χ2v) is 8.49. The van der Waals surface area contributed by atoms with Gasteiger partial charge >= 0.3 is 0 Å². The second kappa shape index (κ2) is 12.2. The van der Waals surface area contributed by atoms with Crippen LogP contribution in [0.2, 0.25) is 0 Å². The fraction of sp³-hybridized carbons (Fsp3) is 0.400. The molecule has 1 fully saturated rings. The van der Waals surface area contributed by atoms with Crippen LogP contribution in [-0.2, 0) is 11.3 Å². The maximum atomic E-state index is 12.5. The Kier molecular flexibility index (Phi) is 8.52. The topological polar surface area (TPSA) is 124 Å². The Morgan fingerprint density at radius 3 is 2.54 bits per heavy atom. The molecule has 1 aliphatic rings. The van der Waals surface area contributed by atoms with Crippen molar-refractivity contribution in [3.8, 4) is 28.6 Å². The van der Waals surface area contributed by atoms with Gasteiger partial charge < -0.3 is 29.3 Å². The van der Waals surface area contributed by atoms with Gasteiger partial charge in [-0.15, -0.1) is 0 Å². The van der Waals surface area contributed by atoms with E-state index in [1.165, 1.54) is 12.4 Å². The maximum Gasteiger partial charge on any atom is 0.267 e. The minimum Gasteiger partial charge on any atom is -0.493 e. The highest BCUT2D eigenvalue weighted by atomic mass is 16.5. The molecule has 0 aliphatic carbocycles. The van der Waals surface area contributed by atoms with Gasteiger partial charge in [-0.25, -0.2) is 14.6 Å². The fourth-order valence-corrected chi connectivity index (χ4v) is 3.87. The van der Waals surface area contributed by atoms with Crippen LogP contribution in [0.15, 0.2) is 47.5 Å². The van der Waals surface area contributed by atoms with Crippen molar-refractivity contribution in [2.45, 2.75) is 6.54 Å². The smallest absolute Gasteiger partial charge is 0.267 e. The molecule has 3 heterocycles. The lowest BCUT2D eigenvalue weighted by Crippen LogP contribution is -2.44. The molecule has 37 heavy (non-hydrogen) atoms. The summed E-state index contributed by atoms with van der Waals surface area (Å²) in [6.45, 7) is 3.98. The number of methoxy groups -OCH3 is 2. The van der Waals surface area contributed by atoms with Crippen LogP contribution in [0.1, 0.15) is 0 Å². The Hall–Kier alpha value is -4.19. The first kappa shape index (κ1) is 25.9. The average Bonchev–Trinajstić information content (AvgIpc) is 2.92. The number of amides is 1. The molecule has 0 radical (unpaired) electrons. The number of piperazine rings is 1. The molecule has 196 valence electrons. The zero-order valence-electron chi connectivity index (χ0n) is 21.2. The van der Waals surface area contributed by atoms with Crippen molar-refractivity contribution in [3.05, 3.63) is 53.1 Å². The molecule has 2 aromatic heterocycles. The number of aromatic nitrogens is 4. The van der Waals surface area contributed by atoms with Crippen molar-refractivity contribution < 1.29 is 19.0 Å². The highest BCUT2D eigenvalue weighted by Gasteiger charge is 2.16. The van der Waals surface area contributed by atoms with Gasteiger partial charge in [0.05, 0.1) is 26.5 Å². The molecule has 4 rings (SSSR count). The molecule has 0 bridgehead atoms. The van der Waals surface area contributed by atoms with Crippen LogP contribution in [0.4, 0.5) is 5.82 Å². The van der Waals surface area contributed by atoms with E-state index in [0.717, 1.165) is 42.2 Å². The van der Waals surface area contributed by atoms with E-state index in [4.69, 9.17) is 14.2 Å². The van der Waals surface area contributed by atoms with Crippen molar-refractivity contribution in [1.29, 1.82) is 0 Å². The number of nitrogens with one attached hydrogen (secondary N) is 1. The lowest BCUT2D eigenvalue weighted by atomic mass is 10.1. The molecule has 0 spiro atoms. The monoisotopic (exact) mass is 509 g/mol. The number of carbonyl (C=O) groups is 1. The SMILES string of the molecule is COc1ccc(-c2ccc(=O)n(CC(=O)NCCOc3cc(N4CCN(C)CC4)ncn3)n2)cc1OC. The minimum absolute atomic E-state index is 0.221. The molecule has 1 amide bonds. The number of hydrogen-bond donors (Lipinski definition) is 1. The third-order valence-corrected chi connectivity index (χ3v) is 5.97. The normalized spacial score (nSPS) is 13.8. The lowest BCUT2D eigenvalue weighted by molar-refractivity contribution is -0.122. The predicted octanol–water partition coefficient (Wildman–Crippen LogP) is 0.665. The van der Waals surface area contributed by atoms with Gasteiger partial charge in [0, 0.05) is 43.9 Å². The Morgan fingerprint density at radius 1 is 1.00 bits per heavy atom. The van der Waals surface area contributed by atoms with Gasteiger partial charge in [-0.05, 0) is 31.3 Å². The van der Waals surface area contributed by atoms with E-state index in [1.807, 2.05) is 0 Å². The van der Waals surface area contributed by atoms with Crippen LogP contribution in [0.25, 0.3) is 11.3 Å². The van der Waals surface area contributed by atoms with Crippen LogP contribution in [0.3, 0.4) is 0 Å². The van der Waals surface area contributed by atoms with Gasteiger partial charge in [-0.1, -0.05) is 0 Å². The molecule has 0 saturated carbocycles. The largest absolute Gasteiger partial charge is 0.493 e. The van der Waals surface area contributed by atoms with Crippen LogP contribution < -0.4 is 30.0 Å². The molecule has 12 heteroatoms. The Labute approximate surface area is 214 Å². The van der Waals surface area contributed by atoms with Gasteiger partial charge in [-0.2, -0.15) is 5.10 Å². The highest BCUT2D eigenvalue weighted by Crippen LogP contribution is 2.31. The summed E-state index contributed by atoms with van der Waals surface area (Å²) in [6, 6.07) is 10.1. The average molecular weight is 510 g/mol. The summed E-state index contributed by atoms with van der Waals surface area (Å²) in [5.41, 5.74) is 0.866. The van der Waals surface area contributed by atoms with Gasteiger partial charge in [0.1, 0.15) is 25.3 Å². The molecule has 1 N–H and O–H groups in total. The lowest BCUT2D eigenvalue weighted by Gasteiger charge is -2.33. The number of benzene rings is 1. The number of ether oxygens (including phenoxy) is 3. The van der Waals surface area contributed by atoms with Gasteiger partial charge in [0.2, 0.25) is 11.8 Å². The number of hydrogen-bond acceptors (Lipinski definition) is 10. The summed E-state index contributed by atoms with van der Waals surface area (Å²) in [5, 5.41) is 7.08. The summed E-state index contributed by atoms with van der Waals surface area (Å²) in [6.07, 6.45) is 1.48. The van der Waals surface area contributed by atoms with E-state index in [1.54, 1.807) is 44.6 Å². The van der Waals surface area contributed by atoms with Gasteiger partial charge in [-0.3, -0.25) is 9.59 Å². The Bertz CT molecular complexity index is 1270. The summed E-state index contributed by atoms with van der Waals surface area (Å²) >= 11 is 0. The molecule has 1 saturated heterocycles. The fourth-order valence-electron chi connectivity index (χ4n) is 3.87. The molecule has 1 aromatic carbocycles. The zero-order valence-corrected chi connectivity index (χ0v) is 21.2. The zero-order chi connectivity index (χ0) is 26.2. The predicted molar refractivity (Wildman–Crippen MR) is 137 cm³/mol. The minimum atomic E-state index is -0.381. The van der Waals surface area contributed by atoms with E-state index in [9.17, 15) is 9.59 Å². The number of anilines is 1. The van der Waals surface area contributed by atoms with Crippen molar-refractivity contribution in [2.24, 2.45) is 0 Å². The van der Waals surface area contributed by atoms with Crippen molar-refractivity contribution in [2.75, 3.05) is 65.5 Å². The molecular weight excluding hydrogens is 478 g/mol. The first-order valence-corrected chi connectivity index (χ1v) is 11.9. The number of carbonyl (C=O) groups excluding carboxylic acids is 1. The highest BCUT2D eigenvalue weighted by molar-refractivity contribution is 5.75. The molecule has 3 aromatic rings. The summed E-state index contributed by atoms with van der Waals surface area (Å²) in [7, 11) is 5.20. The molecule has 12 nitrogen and oxygen atoms in total. The quantitative estimate of drug-likeness (QED) is 0.390. The first-order chi connectivity index (χ1) is 18.0. The van der Waals surface area contributed by atoms with Crippen LogP contribution in [0, 0.1) is 0 Å². The third-order valence-electron chi connectivity index (χ3n) is 5.97. The van der Waals surface area contributed by atoms with Crippen molar-refractivity contribution in [3.63, 3.8) is 0 Å². The van der Waals surface area contributed by atoms with E-state index in [0.29, 0.717) is 23.1 Å². The molecule has 0 atom stereocenters. The Morgan fingerprint density at radius 2 is 1.78 bits per heavy atom. The standard InChI is InChI=1S/C25H31N7O5/c1-30-9-11-31(12-10-30)22-15-24(28-17-27-22)37-13-8-26-23(33)16-32-25(34)7-5-19(29-32)18-4-6-20(35-2)21(14-18)36-3/h4-7,14-15,17H,8-13,16H2,1-3H3,(H,26,33). The van der Waals surface area contributed by atoms with Crippen molar-refractivity contribution in [1.82, 2.24) is 30.0 Å². The second-order valence-electron chi connectivity index (χ2n) is 8.49. The number of likely N-dealkylation sites (N-methyl/N-ethyl adjacent to an activating group) is 1. The number of nitrogens with zero attached hydrogens (tertiary/aromatic N) is 6. The molecule has 0 unspecified atom stereocenters. The first-order valence-electron chi connectivity index (χ1n) is 11.9. The third kappa shape index (κ3) is 6.73. The molecular formula is C25H31N7O5. The summed E-state index contributed by atoms with van der Waals surface area (Å²) < 4.78 is 17.4. The number of rotatable bonds is 10. The molecule has 1 aliphatic heterocycles. The van der Waals surface area contributed by atoms with Crippen LogP contribution in [-0.4, -0.2) is 91.2 Å². The van der Waals surface area contributed by atoms with Crippen LogP contribution >= 0.6 is 0 Å². The van der Waals surface area contributed by atoms with Crippen molar-refractivity contribution >= 4 is 11.7 Å². The Balaban J connectivity index is 1.30. The summed E-state index contributed by atoms with van der Waals surface area (Å²) in [4.78, 5) is 37.7. The van der Waals surface area contributed by atoms with Gasteiger partial charge in [0.15, 0.2) is 11.5 Å². The van der Waals surface area contributed by atoms with E-state index >= 15 is 0 Å². The van der Waals surface area contributed by atoms with Crippen LogP contribution in [0.5, 0.6) is 17.4 Å². The summed E-state index contributed by atoms with van der Waals surface area (Å²) in [5.74, 6) is 2.03. The van der Waals surface area contributed by atoms with E-state index in [-0.39, 0.29) is 31.2 Å². The van der Waals surface area contributed by atoms with E-state index < -0.39 is 0 Å².